The van der Waals surface area contributed by atoms with Crippen LogP contribution >= 0.6 is 0 Å². The van der Waals surface area contributed by atoms with Gasteiger partial charge in [-0.1, -0.05) is 176 Å². The number of para-hydroxylation sites is 1. The summed E-state index contributed by atoms with van der Waals surface area (Å²) in [5, 5.41) is 8.60. The lowest BCUT2D eigenvalue weighted by molar-refractivity contribution is 0.632. The first-order chi connectivity index (χ1) is 28.7. The van der Waals surface area contributed by atoms with Gasteiger partial charge in [0, 0.05) is 28.0 Å². The molecule has 11 aromatic rings. The summed E-state index contributed by atoms with van der Waals surface area (Å²) in [6, 6.07) is 80.7. The lowest BCUT2D eigenvalue weighted by atomic mass is 9.96. The van der Waals surface area contributed by atoms with Crippen LogP contribution in [-0.4, -0.2) is 0 Å². The topological polar surface area (TPSA) is 16.4 Å². The van der Waals surface area contributed by atoms with Gasteiger partial charge in [-0.3, -0.25) is 0 Å². The van der Waals surface area contributed by atoms with Crippen LogP contribution in [0.1, 0.15) is 0 Å². The van der Waals surface area contributed by atoms with Crippen molar-refractivity contribution in [3.05, 3.63) is 224 Å². The number of hydrogen-bond acceptors (Lipinski definition) is 2. The van der Waals surface area contributed by atoms with Gasteiger partial charge < -0.3 is 9.32 Å². The molecule has 0 radical (unpaired) electrons. The third-order valence-corrected chi connectivity index (χ3v) is 11.5. The Morgan fingerprint density at radius 2 is 0.759 bits per heavy atom. The van der Waals surface area contributed by atoms with Gasteiger partial charge in [-0.2, -0.15) is 0 Å². The van der Waals surface area contributed by atoms with Crippen LogP contribution in [0.15, 0.2) is 229 Å². The summed E-state index contributed by atoms with van der Waals surface area (Å²) in [5.74, 6) is 0.870. The van der Waals surface area contributed by atoms with E-state index >= 15 is 0 Å². The predicted molar refractivity (Wildman–Crippen MR) is 245 cm³/mol. The fraction of sp³-hybridized carbons (Fsp3) is 0. The molecule has 2 heteroatoms. The SMILES string of the molecule is c1ccc(-c2cc3ccccc3o2)c(-c2ccc(N(c3ccc(-c4ccc(-c5cccc6ccccc56)cc4)cc3)c3ccc4c(ccc5ccccc54)c3)cc2)c1. The smallest absolute Gasteiger partial charge is 0.136 e. The van der Waals surface area contributed by atoms with E-state index in [1.54, 1.807) is 0 Å². The van der Waals surface area contributed by atoms with E-state index in [1.165, 1.54) is 54.6 Å². The first kappa shape index (κ1) is 33.6. The first-order valence-electron chi connectivity index (χ1n) is 19.8. The minimum Gasteiger partial charge on any atom is -0.456 e. The second-order valence-electron chi connectivity index (χ2n) is 14.9. The van der Waals surface area contributed by atoms with Gasteiger partial charge in [-0.15, -0.1) is 0 Å². The van der Waals surface area contributed by atoms with Crippen LogP contribution < -0.4 is 4.90 Å². The Morgan fingerprint density at radius 1 is 0.276 bits per heavy atom. The molecular weight excluding hydrogens is 703 g/mol. The molecule has 0 spiro atoms. The summed E-state index contributed by atoms with van der Waals surface area (Å²) in [7, 11) is 0. The summed E-state index contributed by atoms with van der Waals surface area (Å²) < 4.78 is 6.33. The van der Waals surface area contributed by atoms with Crippen molar-refractivity contribution >= 4 is 60.3 Å². The highest BCUT2D eigenvalue weighted by molar-refractivity contribution is 6.08. The van der Waals surface area contributed by atoms with Crippen LogP contribution in [0, 0.1) is 0 Å². The molecule has 1 aromatic heterocycles. The summed E-state index contributed by atoms with van der Waals surface area (Å²) in [4.78, 5) is 2.36. The highest BCUT2D eigenvalue weighted by Gasteiger charge is 2.17. The Hall–Kier alpha value is -7.68. The Morgan fingerprint density at radius 3 is 1.50 bits per heavy atom. The zero-order valence-corrected chi connectivity index (χ0v) is 31.7. The molecule has 0 amide bonds. The van der Waals surface area contributed by atoms with E-state index in [0.29, 0.717) is 0 Å². The van der Waals surface area contributed by atoms with E-state index in [2.05, 4.69) is 211 Å². The summed E-state index contributed by atoms with van der Waals surface area (Å²) in [6.07, 6.45) is 0. The maximum atomic E-state index is 6.33. The third-order valence-electron chi connectivity index (χ3n) is 11.5. The molecule has 11 rings (SSSR count). The first-order valence-corrected chi connectivity index (χ1v) is 19.8. The normalized spacial score (nSPS) is 11.4. The number of hydrogen-bond donors (Lipinski definition) is 0. The molecule has 0 aliphatic rings. The highest BCUT2D eigenvalue weighted by atomic mass is 16.3. The minimum absolute atomic E-state index is 0.870. The zero-order chi connectivity index (χ0) is 38.4. The van der Waals surface area contributed by atoms with Gasteiger partial charge in [0.05, 0.1) is 0 Å². The largest absolute Gasteiger partial charge is 0.456 e. The molecule has 2 nitrogen and oxygen atoms in total. The van der Waals surface area contributed by atoms with Gasteiger partial charge in [-0.05, 0) is 114 Å². The zero-order valence-electron chi connectivity index (χ0n) is 31.7. The van der Waals surface area contributed by atoms with E-state index < -0.39 is 0 Å². The van der Waals surface area contributed by atoms with Crippen LogP contribution in [0.2, 0.25) is 0 Å². The highest BCUT2D eigenvalue weighted by Crippen LogP contribution is 2.41. The van der Waals surface area contributed by atoms with E-state index in [4.69, 9.17) is 4.42 Å². The minimum atomic E-state index is 0.870. The lowest BCUT2D eigenvalue weighted by Crippen LogP contribution is -2.09. The van der Waals surface area contributed by atoms with Crippen LogP contribution in [0.25, 0.3) is 88.0 Å². The molecule has 58 heavy (non-hydrogen) atoms. The van der Waals surface area contributed by atoms with Gasteiger partial charge in [0.1, 0.15) is 11.3 Å². The van der Waals surface area contributed by atoms with Crippen LogP contribution in [0.3, 0.4) is 0 Å². The molecule has 0 fully saturated rings. The van der Waals surface area contributed by atoms with Crippen LogP contribution in [0.4, 0.5) is 17.1 Å². The number of nitrogens with zero attached hydrogens (tertiary/aromatic N) is 1. The Kier molecular flexibility index (Phi) is 8.19. The maximum Gasteiger partial charge on any atom is 0.136 e. The quantitative estimate of drug-likeness (QED) is 0.151. The Balaban J connectivity index is 0.966. The van der Waals surface area contributed by atoms with Crippen molar-refractivity contribution in [2.45, 2.75) is 0 Å². The number of benzene rings is 10. The molecule has 0 unspecified atom stereocenters. The predicted octanol–water partition coefficient (Wildman–Crippen LogP) is 16.0. The maximum absolute atomic E-state index is 6.33. The van der Waals surface area contributed by atoms with Crippen molar-refractivity contribution in [2.75, 3.05) is 4.90 Å². The molecule has 272 valence electrons. The molecule has 0 bridgehead atoms. The van der Waals surface area contributed by atoms with Gasteiger partial charge in [0.2, 0.25) is 0 Å². The Labute approximate surface area is 337 Å². The van der Waals surface area contributed by atoms with Gasteiger partial charge in [0.15, 0.2) is 0 Å². The monoisotopic (exact) mass is 739 g/mol. The van der Waals surface area contributed by atoms with E-state index in [-0.39, 0.29) is 0 Å². The number of fused-ring (bicyclic) bond motifs is 5. The summed E-state index contributed by atoms with van der Waals surface area (Å²) in [5.41, 5.74) is 12.3. The van der Waals surface area contributed by atoms with Gasteiger partial charge in [-0.25, -0.2) is 0 Å². The Bertz CT molecular complexity index is 3230. The average Bonchev–Trinajstić information content (AvgIpc) is 3.74. The third kappa shape index (κ3) is 6.00. The van der Waals surface area contributed by atoms with E-state index in [9.17, 15) is 0 Å². The molecule has 0 aliphatic carbocycles. The number of furan rings is 1. The summed E-state index contributed by atoms with van der Waals surface area (Å²) >= 11 is 0. The molecule has 0 aliphatic heterocycles. The van der Waals surface area contributed by atoms with Gasteiger partial charge >= 0.3 is 0 Å². The lowest BCUT2D eigenvalue weighted by Gasteiger charge is -2.26. The fourth-order valence-electron chi connectivity index (χ4n) is 8.56. The van der Waals surface area contributed by atoms with Crippen molar-refractivity contribution in [1.29, 1.82) is 0 Å². The van der Waals surface area contributed by atoms with Crippen LogP contribution in [-0.2, 0) is 0 Å². The van der Waals surface area contributed by atoms with Gasteiger partial charge in [0.25, 0.3) is 0 Å². The van der Waals surface area contributed by atoms with Crippen molar-refractivity contribution in [3.63, 3.8) is 0 Å². The molecule has 0 saturated carbocycles. The van der Waals surface area contributed by atoms with Crippen LogP contribution in [0.5, 0.6) is 0 Å². The average molecular weight is 740 g/mol. The summed E-state index contributed by atoms with van der Waals surface area (Å²) in [6.45, 7) is 0. The van der Waals surface area contributed by atoms with Crippen molar-refractivity contribution in [1.82, 2.24) is 0 Å². The standard InChI is InChI=1S/C56H37NO/c1-4-14-49-40(10-1)13-9-18-51(49)42-22-20-38(21-23-42)39-26-30-46(31-27-39)57(48-34-35-53-44(36-48)25-24-41-11-2-5-15-50(41)53)47-32-28-43(29-33-47)52-16-6-7-17-54(52)56-37-45-12-3-8-19-55(45)58-56/h1-37H. The fourth-order valence-corrected chi connectivity index (χ4v) is 8.56. The number of anilines is 3. The molecule has 1 heterocycles. The second-order valence-corrected chi connectivity index (χ2v) is 14.9. The van der Waals surface area contributed by atoms with Crippen molar-refractivity contribution in [2.24, 2.45) is 0 Å². The molecular formula is C56H37NO. The molecule has 0 N–H and O–H groups in total. The second kappa shape index (κ2) is 14.1. The number of rotatable bonds is 7. The van der Waals surface area contributed by atoms with Crippen molar-refractivity contribution < 1.29 is 4.42 Å². The molecule has 10 aromatic carbocycles. The molecule has 0 saturated heterocycles. The van der Waals surface area contributed by atoms with E-state index in [0.717, 1.165) is 50.5 Å². The van der Waals surface area contributed by atoms with Crippen molar-refractivity contribution in [3.8, 4) is 44.7 Å². The van der Waals surface area contributed by atoms with E-state index in [1.807, 2.05) is 18.2 Å². The molecule has 0 atom stereocenters.